The summed E-state index contributed by atoms with van der Waals surface area (Å²) in [5.41, 5.74) is 1.27. The molecule has 1 aromatic rings. The summed E-state index contributed by atoms with van der Waals surface area (Å²) in [6, 6.07) is 8.33. The largest absolute Gasteiger partial charge is 0.494 e. The van der Waals surface area contributed by atoms with E-state index in [0.29, 0.717) is 0 Å². The molecule has 1 N–H and O–H groups in total. The van der Waals surface area contributed by atoms with E-state index in [1.54, 1.807) is 0 Å². The fourth-order valence-corrected chi connectivity index (χ4v) is 3.88. The van der Waals surface area contributed by atoms with Crippen LogP contribution >= 0.6 is 0 Å². The fraction of sp³-hybridized carbons (Fsp3) is 0.778. The number of ether oxygens (including phenoxy) is 1. The minimum Gasteiger partial charge on any atom is -0.494 e. The standard InChI is InChI=1S/C27H48O2/c1-2-3-4-5-6-7-8-9-10-11-12-13-14-15-16-17-25-29-27-22-20-26(21-23-27)19-18-24-28/h20-23,28H,2-19,24-25H2,1H3. The summed E-state index contributed by atoms with van der Waals surface area (Å²) in [6.07, 6.45) is 24.2. The smallest absolute Gasteiger partial charge is 0.119 e. The molecule has 0 aliphatic heterocycles. The van der Waals surface area contributed by atoms with Crippen molar-refractivity contribution >= 4 is 0 Å². The van der Waals surface area contributed by atoms with Gasteiger partial charge in [-0.05, 0) is 37.0 Å². The molecule has 0 aliphatic rings. The monoisotopic (exact) mass is 404 g/mol. The quantitative estimate of drug-likeness (QED) is 0.209. The number of hydrogen-bond donors (Lipinski definition) is 1. The Hall–Kier alpha value is -1.02. The highest BCUT2D eigenvalue weighted by molar-refractivity contribution is 5.27. The molecule has 0 unspecified atom stereocenters. The first kappa shape index (κ1) is 26.0. The van der Waals surface area contributed by atoms with Crippen LogP contribution in [0.15, 0.2) is 24.3 Å². The van der Waals surface area contributed by atoms with Crippen LogP contribution in [0.4, 0.5) is 0 Å². The average Bonchev–Trinajstić information content (AvgIpc) is 2.75. The first-order chi connectivity index (χ1) is 14.4. The third kappa shape index (κ3) is 16.5. The second kappa shape index (κ2) is 20.3. The van der Waals surface area contributed by atoms with Crippen molar-refractivity contribution in [1.82, 2.24) is 0 Å². The molecule has 2 nitrogen and oxygen atoms in total. The van der Waals surface area contributed by atoms with Gasteiger partial charge in [0.15, 0.2) is 0 Å². The van der Waals surface area contributed by atoms with Gasteiger partial charge < -0.3 is 9.84 Å². The van der Waals surface area contributed by atoms with Crippen LogP contribution in [0.3, 0.4) is 0 Å². The molecule has 0 aromatic heterocycles. The summed E-state index contributed by atoms with van der Waals surface area (Å²) < 4.78 is 5.84. The molecule has 0 aliphatic carbocycles. The molecule has 1 rings (SSSR count). The van der Waals surface area contributed by atoms with E-state index < -0.39 is 0 Å². The molecule has 0 bridgehead atoms. The molecule has 0 spiro atoms. The van der Waals surface area contributed by atoms with Crippen LogP contribution in [-0.4, -0.2) is 18.3 Å². The Kier molecular flexibility index (Phi) is 18.2. The van der Waals surface area contributed by atoms with E-state index in [1.165, 1.54) is 102 Å². The third-order valence-electron chi connectivity index (χ3n) is 5.81. The maximum atomic E-state index is 8.87. The zero-order valence-electron chi connectivity index (χ0n) is 19.3. The molecular formula is C27H48O2. The predicted octanol–water partition coefficient (Wildman–Crippen LogP) is 8.25. The number of hydrogen-bond acceptors (Lipinski definition) is 2. The SMILES string of the molecule is CCCCCCCCCCCCCCCCCCOc1ccc(CCCO)cc1. The number of aliphatic hydroxyl groups is 1. The zero-order chi connectivity index (χ0) is 20.8. The van der Waals surface area contributed by atoms with Crippen LogP contribution in [-0.2, 0) is 6.42 Å². The Morgan fingerprint density at radius 1 is 0.586 bits per heavy atom. The summed E-state index contributed by atoms with van der Waals surface area (Å²) >= 11 is 0. The topological polar surface area (TPSA) is 29.5 Å². The second-order valence-electron chi connectivity index (χ2n) is 8.62. The van der Waals surface area contributed by atoms with Crippen LogP contribution in [0.5, 0.6) is 5.75 Å². The number of aryl methyl sites for hydroxylation is 1. The molecule has 0 saturated heterocycles. The van der Waals surface area contributed by atoms with Crippen molar-refractivity contribution in [1.29, 1.82) is 0 Å². The average molecular weight is 405 g/mol. The van der Waals surface area contributed by atoms with Crippen molar-refractivity contribution in [2.75, 3.05) is 13.2 Å². The number of benzene rings is 1. The normalized spacial score (nSPS) is 11.1. The Morgan fingerprint density at radius 2 is 1.03 bits per heavy atom. The van der Waals surface area contributed by atoms with Gasteiger partial charge >= 0.3 is 0 Å². The van der Waals surface area contributed by atoms with Gasteiger partial charge in [0.1, 0.15) is 5.75 Å². The van der Waals surface area contributed by atoms with Crippen molar-refractivity contribution in [2.24, 2.45) is 0 Å². The molecule has 29 heavy (non-hydrogen) atoms. The van der Waals surface area contributed by atoms with E-state index in [-0.39, 0.29) is 6.61 Å². The summed E-state index contributed by atoms with van der Waals surface area (Å²) in [5.74, 6) is 0.971. The van der Waals surface area contributed by atoms with Crippen LogP contribution in [0.25, 0.3) is 0 Å². The van der Waals surface area contributed by atoms with Gasteiger partial charge in [0, 0.05) is 6.61 Å². The van der Waals surface area contributed by atoms with Crippen molar-refractivity contribution in [3.05, 3.63) is 29.8 Å². The van der Waals surface area contributed by atoms with Crippen LogP contribution in [0.2, 0.25) is 0 Å². The summed E-state index contributed by atoms with van der Waals surface area (Å²) in [4.78, 5) is 0. The van der Waals surface area contributed by atoms with Gasteiger partial charge in [-0.1, -0.05) is 115 Å². The molecule has 0 radical (unpaired) electrons. The minimum atomic E-state index is 0.261. The lowest BCUT2D eigenvalue weighted by Crippen LogP contribution is -1.97. The van der Waals surface area contributed by atoms with Crippen molar-refractivity contribution < 1.29 is 9.84 Å². The highest BCUT2D eigenvalue weighted by Crippen LogP contribution is 2.15. The summed E-state index contributed by atoms with van der Waals surface area (Å²) in [6.45, 7) is 3.38. The Bertz CT molecular complexity index is 440. The van der Waals surface area contributed by atoms with Crippen LogP contribution in [0.1, 0.15) is 122 Å². The fourth-order valence-electron chi connectivity index (χ4n) is 3.88. The molecule has 0 amide bonds. The van der Waals surface area contributed by atoms with E-state index in [4.69, 9.17) is 9.84 Å². The number of aliphatic hydroxyl groups excluding tert-OH is 1. The highest BCUT2D eigenvalue weighted by Gasteiger charge is 1.97. The van der Waals surface area contributed by atoms with E-state index in [9.17, 15) is 0 Å². The lowest BCUT2D eigenvalue weighted by atomic mass is 10.0. The highest BCUT2D eigenvalue weighted by atomic mass is 16.5. The Labute approximate surface area is 181 Å². The van der Waals surface area contributed by atoms with E-state index in [1.807, 2.05) is 0 Å². The van der Waals surface area contributed by atoms with Gasteiger partial charge in [0.05, 0.1) is 6.61 Å². The molecule has 0 atom stereocenters. The van der Waals surface area contributed by atoms with E-state index in [2.05, 4.69) is 31.2 Å². The van der Waals surface area contributed by atoms with Gasteiger partial charge in [0.2, 0.25) is 0 Å². The molecule has 168 valence electrons. The molecule has 0 saturated carbocycles. The molecular weight excluding hydrogens is 356 g/mol. The Morgan fingerprint density at radius 3 is 1.48 bits per heavy atom. The first-order valence-corrected chi connectivity index (χ1v) is 12.7. The van der Waals surface area contributed by atoms with Gasteiger partial charge in [-0.2, -0.15) is 0 Å². The molecule has 0 heterocycles. The lowest BCUT2D eigenvalue weighted by Gasteiger charge is -2.07. The van der Waals surface area contributed by atoms with E-state index >= 15 is 0 Å². The molecule has 1 aromatic carbocycles. The Balaban J connectivity index is 1.79. The van der Waals surface area contributed by atoms with Gasteiger partial charge in [0.25, 0.3) is 0 Å². The number of rotatable bonds is 21. The summed E-state index contributed by atoms with van der Waals surface area (Å²) in [7, 11) is 0. The maximum absolute atomic E-state index is 8.87. The molecule has 0 fully saturated rings. The van der Waals surface area contributed by atoms with Gasteiger partial charge in [-0.3, -0.25) is 0 Å². The third-order valence-corrected chi connectivity index (χ3v) is 5.81. The predicted molar refractivity (Wildman–Crippen MR) is 127 cm³/mol. The lowest BCUT2D eigenvalue weighted by molar-refractivity contribution is 0.288. The van der Waals surface area contributed by atoms with Crippen LogP contribution in [0, 0.1) is 0 Å². The van der Waals surface area contributed by atoms with Crippen LogP contribution < -0.4 is 4.74 Å². The maximum Gasteiger partial charge on any atom is 0.119 e. The van der Waals surface area contributed by atoms with Crippen molar-refractivity contribution in [3.8, 4) is 5.75 Å². The second-order valence-corrected chi connectivity index (χ2v) is 8.62. The van der Waals surface area contributed by atoms with Gasteiger partial charge in [-0.25, -0.2) is 0 Å². The summed E-state index contributed by atoms with van der Waals surface area (Å²) in [5, 5.41) is 8.87. The van der Waals surface area contributed by atoms with Crippen molar-refractivity contribution in [2.45, 2.75) is 122 Å². The zero-order valence-corrected chi connectivity index (χ0v) is 19.3. The van der Waals surface area contributed by atoms with Crippen molar-refractivity contribution in [3.63, 3.8) is 0 Å². The first-order valence-electron chi connectivity index (χ1n) is 12.7. The molecule has 2 heteroatoms. The number of unbranched alkanes of at least 4 members (excludes halogenated alkanes) is 15. The van der Waals surface area contributed by atoms with E-state index in [0.717, 1.165) is 31.6 Å². The van der Waals surface area contributed by atoms with Gasteiger partial charge in [-0.15, -0.1) is 0 Å². The minimum absolute atomic E-state index is 0.261.